The summed E-state index contributed by atoms with van der Waals surface area (Å²) in [4.78, 5) is 11.7. The van der Waals surface area contributed by atoms with Gasteiger partial charge in [-0.15, -0.1) is 0 Å². The topological polar surface area (TPSA) is 61.5 Å². The lowest BCUT2D eigenvalue weighted by Gasteiger charge is -2.29. The van der Waals surface area contributed by atoms with Gasteiger partial charge >= 0.3 is 5.97 Å². The molecule has 0 spiro atoms. The van der Waals surface area contributed by atoms with Gasteiger partial charge in [0.15, 0.2) is 0 Å². The molecule has 0 saturated carbocycles. The first kappa shape index (κ1) is 15.4. The van der Waals surface area contributed by atoms with Crippen LogP contribution in [0.25, 0.3) is 0 Å². The smallest absolute Gasteiger partial charge is 0.326 e. The van der Waals surface area contributed by atoms with E-state index in [1.165, 1.54) is 0 Å². The third-order valence-electron chi connectivity index (χ3n) is 1.72. The maximum absolute atomic E-state index is 11.7. The predicted octanol–water partition coefficient (Wildman–Crippen LogP) is 1.86. The molecule has 0 unspecified atom stereocenters. The molecular formula is C12H25NO3. The van der Waals surface area contributed by atoms with E-state index in [1.807, 2.05) is 41.5 Å². The van der Waals surface area contributed by atoms with E-state index in [4.69, 9.17) is 15.2 Å². The molecule has 0 aliphatic carbocycles. The van der Waals surface area contributed by atoms with E-state index in [0.717, 1.165) is 0 Å². The second-order valence-electron chi connectivity index (χ2n) is 5.99. The minimum absolute atomic E-state index is 0.320. The second kappa shape index (κ2) is 5.15. The number of carbonyl (C=O) groups excluding carboxylic acids is 1. The van der Waals surface area contributed by atoms with Gasteiger partial charge in [-0.1, -0.05) is 0 Å². The van der Waals surface area contributed by atoms with Crippen molar-refractivity contribution >= 4 is 5.97 Å². The number of hydrogen-bond donors (Lipinski definition) is 1. The van der Waals surface area contributed by atoms with Crippen LogP contribution in [0.2, 0.25) is 0 Å². The van der Waals surface area contributed by atoms with Crippen LogP contribution in [0.4, 0.5) is 0 Å². The van der Waals surface area contributed by atoms with Crippen LogP contribution in [0.15, 0.2) is 0 Å². The van der Waals surface area contributed by atoms with E-state index in [2.05, 4.69) is 0 Å². The van der Waals surface area contributed by atoms with Crippen LogP contribution >= 0.6 is 0 Å². The van der Waals surface area contributed by atoms with Crippen LogP contribution in [-0.2, 0) is 14.3 Å². The van der Waals surface area contributed by atoms with E-state index in [1.54, 1.807) is 6.92 Å². The molecular weight excluding hydrogens is 206 g/mol. The average Bonchev–Trinajstić information content (AvgIpc) is 1.96. The van der Waals surface area contributed by atoms with Gasteiger partial charge in [0.2, 0.25) is 0 Å². The fourth-order valence-electron chi connectivity index (χ4n) is 1.19. The van der Waals surface area contributed by atoms with Crippen molar-refractivity contribution in [1.29, 1.82) is 0 Å². The first-order chi connectivity index (χ1) is 6.92. The Labute approximate surface area is 98.5 Å². The molecule has 0 saturated heterocycles. The SMILES string of the molecule is C[C@@H](OC(C)(C)C)[C@H](N)C(=O)OC(C)(C)C. The molecule has 0 aromatic rings. The van der Waals surface area contributed by atoms with Crippen LogP contribution < -0.4 is 5.73 Å². The molecule has 0 rings (SSSR count). The maximum atomic E-state index is 11.7. The lowest BCUT2D eigenvalue weighted by atomic mass is 10.1. The molecule has 0 aromatic heterocycles. The van der Waals surface area contributed by atoms with Crippen molar-refractivity contribution in [2.45, 2.75) is 71.8 Å². The van der Waals surface area contributed by atoms with Gasteiger partial charge < -0.3 is 15.2 Å². The third-order valence-corrected chi connectivity index (χ3v) is 1.72. The van der Waals surface area contributed by atoms with Gasteiger partial charge in [-0.3, -0.25) is 4.79 Å². The molecule has 0 fully saturated rings. The van der Waals surface area contributed by atoms with Crippen molar-refractivity contribution in [1.82, 2.24) is 0 Å². The Hall–Kier alpha value is -0.610. The number of hydrogen-bond acceptors (Lipinski definition) is 4. The summed E-state index contributed by atoms with van der Waals surface area (Å²) in [5.74, 6) is -0.427. The Morgan fingerprint density at radius 2 is 1.50 bits per heavy atom. The molecule has 0 bridgehead atoms. The number of carbonyl (C=O) groups is 1. The summed E-state index contributed by atoms with van der Waals surface area (Å²) < 4.78 is 10.8. The molecule has 0 aliphatic heterocycles. The number of rotatable bonds is 3. The molecule has 16 heavy (non-hydrogen) atoms. The van der Waals surface area contributed by atoms with E-state index >= 15 is 0 Å². The summed E-state index contributed by atoms with van der Waals surface area (Å²) in [6, 6.07) is -0.751. The lowest BCUT2D eigenvalue weighted by Crippen LogP contribution is -2.47. The molecule has 0 heterocycles. The molecule has 96 valence electrons. The van der Waals surface area contributed by atoms with Crippen molar-refractivity contribution in [2.24, 2.45) is 5.73 Å². The average molecular weight is 231 g/mol. The molecule has 4 heteroatoms. The zero-order chi connectivity index (χ0) is 13.1. The van der Waals surface area contributed by atoms with E-state index in [-0.39, 0.29) is 11.7 Å². The van der Waals surface area contributed by atoms with E-state index in [9.17, 15) is 4.79 Å². The van der Waals surface area contributed by atoms with Crippen molar-refractivity contribution in [3.05, 3.63) is 0 Å². The van der Waals surface area contributed by atoms with Gasteiger partial charge in [0, 0.05) is 0 Å². The Morgan fingerprint density at radius 3 is 1.81 bits per heavy atom. The minimum atomic E-state index is -0.751. The molecule has 2 atom stereocenters. The van der Waals surface area contributed by atoms with Crippen LogP contribution in [0, 0.1) is 0 Å². The molecule has 0 aliphatic rings. The highest BCUT2D eigenvalue weighted by molar-refractivity contribution is 5.76. The van der Waals surface area contributed by atoms with Crippen molar-refractivity contribution < 1.29 is 14.3 Å². The van der Waals surface area contributed by atoms with Crippen LogP contribution in [0.3, 0.4) is 0 Å². The Kier molecular flexibility index (Phi) is 4.95. The fraction of sp³-hybridized carbons (Fsp3) is 0.917. The summed E-state index contributed by atoms with van der Waals surface area (Å²) in [6.07, 6.45) is -0.366. The predicted molar refractivity (Wildman–Crippen MR) is 64.1 cm³/mol. The highest BCUT2D eigenvalue weighted by Crippen LogP contribution is 2.15. The van der Waals surface area contributed by atoms with Gasteiger partial charge in [0.25, 0.3) is 0 Å². The molecule has 0 amide bonds. The van der Waals surface area contributed by atoms with Crippen LogP contribution in [0.1, 0.15) is 48.5 Å². The highest BCUT2D eigenvalue weighted by Gasteiger charge is 2.29. The number of nitrogens with two attached hydrogens (primary N) is 1. The maximum Gasteiger partial charge on any atom is 0.326 e. The molecule has 4 nitrogen and oxygen atoms in total. The highest BCUT2D eigenvalue weighted by atomic mass is 16.6. The van der Waals surface area contributed by atoms with Gasteiger partial charge in [0.05, 0.1) is 11.7 Å². The lowest BCUT2D eigenvalue weighted by molar-refractivity contribution is -0.162. The van der Waals surface area contributed by atoms with Gasteiger partial charge in [-0.05, 0) is 48.5 Å². The molecule has 0 radical (unpaired) electrons. The van der Waals surface area contributed by atoms with Gasteiger partial charge in [-0.25, -0.2) is 0 Å². The molecule has 0 aromatic carbocycles. The Morgan fingerprint density at radius 1 is 1.06 bits per heavy atom. The zero-order valence-corrected chi connectivity index (χ0v) is 11.5. The standard InChI is InChI=1S/C12H25NO3/c1-8(15-11(2,3)4)9(13)10(14)16-12(5,6)7/h8-9H,13H2,1-7H3/t8-,9+/m1/s1. The zero-order valence-electron chi connectivity index (χ0n) is 11.5. The first-order valence-corrected chi connectivity index (χ1v) is 5.58. The van der Waals surface area contributed by atoms with Gasteiger partial charge in [-0.2, -0.15) is 0 Å². The fourth-order valence-corrected chi connectivity index (χ4v) is 1.19. The largest absolute Gasteiger partial charge is 0.459 e. The minimum Gasteiger partial charge on any atom is -0.459 e. The van der Waals surface area contributed by atoms with E-state index < -0.39 is 17.6 Å². The third kappa shape index (κ3) is 6.80. The summed E-state index contributed by atoms with van der Waals surface area (Å²) in [5, 5.41) is 0. The van der Waals surface area contributed by atoms with Crippen LogP contribution in [0.5, 0.6) is 0 Å². The van der Waals surface area contributed by atoms with Crippen molar-refractivity contribution in [3.8, 4) is 0 Å². The second-order valence-corrected chi connectivity index (χ2v) is 5.99. The van der Waals surface area contributed by atoms with Gasteiger partial charge in [0.1, 0.15) is 11.6 Å². The monoisotopic (exact) mass is 231 g/mol. The summed E-state index contributed by atoms with van der Waals surface area (Å²) >= 11 is 0. The first-order valence-electron chi connectivity index (χ1n) is 5.58. The van der Waals surface area contributed by atoms with Crippen molar-refractivity contribution in [2.75, 3.05) is 0 Å². The number of ether oxygens (including phenoxy) is 2. The van der Waals surface area contributed by atoms with Crippen molar-refractivity contribution in [3.63, 3.8) is 0 Å². The van der Waals surface area contributed by atoms with E-state index in [0.29, 0.717) is 0 Å². The van der Waals surface area contributed by atoms with Crippen LogP contribution in [-0.4, -0.2) is 29.3 Å². The Balaban J connectivity index is 4.34. The summed E-state index contributed by atoms with van der Waals surface area (Å²) in [7, 11) is 0. The normalized spacial score (nSPS) is 16.8. The molecule has 2 N–H and O–H groups in total. The Bertz CT molecular complexity index is 238. The summed E-state index contributed by atoms with van der Waals surface area (Å²) in [5.41, 5.74) is 4.94. The number of esters is 1. The summed E-state index contributed by atoms with van der Waals surface area (Å²) in [6.45, 7) is 13.0. The quantitative estimate of drug-likeness (QED) is 0.753.